The molecule has 1 unspecified atom stereocenters. The molecule has 1 aliphatic carbocycles. The second-order valence-electron chi connectivity index (χ2n) is 6.12. The second kappa shape index (κ2) is 7.82. The number of carbonyl (C=O) groups excluding carboxylic acids is 1. The number of H-pyrrole nitrogens is 1. The number of carbonyl (C=O) groups is 1. The highest BCUT2D eigenvalue weighted by molar-refractivity contribution is 8.00. The largest absolute Gasteiger partial charge is 0.352 e. The van der Waals surface area contributed by atoms with Gasteiger partial charge in [0.15, 0.2) is 5.16 Å². The quantitative estimate of drug-likeness (QED) is 0.587. The third kappa shape index (κ3) is 4.92. The van der Waals surface area contributed by atoms with Gasteiger partial charge in [-0.15, -0.1) is 0 Å². The molecule has 0 radical (unpaired) electrons. The van der Waals surface area contributed by atoms with Crippen molar-refractivity contribution in [2.45, 2.75) is 49.1 Å². The predicted octanol–water partition coefficient (Wildman–Crippen LogP) is 2.97. The molecule has 0 aliphatic heterocycles. The smallest absolute Gasteiger partial charge is 0.251 e. The average Bonchev–Trinajstić information content (AvgIpc) is 3.37. The van der Waals surface area contributed by atoms with Gasteiger partial charge < -0.3 is 10.3 Å². The molecule has 1 heterocycles. The van der Waals surface area contributed by atoms with Gasteiger partial charge >= 0.3 is 0 Å². The molecular weight excluding hydrogens is 341 g/mol. The summed E-state index contributed by atoms with van der Waals surface area (Å²) in [6.45, 7) is 2.01. The fraction of sp³-hybridized carbons (Fsp3) is 0.389. The lowest BCUT2D eigenvalue weighted by Crippen LogP contribution is -2.30. The van der Waals surface area contributed by atoms with Crippen LogP contribution >= 0.6 is 11.8 Å². The maximum atomic E-state index is 13.2. The van der Waals surface area contributed by atoms with E-state index in [1.165, 1.54) is 30.0 Å². The van der Waals surface area contributed by atoms with Gasteiger partial charge in [-0.05, 0) is 37.0 Å². The molecule has 3 rings (SSSR count). The Hall–Kier alpha value is -2.15. The zero-order chi connectivity index (χ0) is 17.8. The van der Waals surface area contributed by atoms with Gasteiger partial charge in [0.05, 0.1) is 0 Å². The van der Waals surface area contributed by atoms with Crippen LogP contribution in [0.4, 0.5) is 4.39 Å². The minimum absolute atomic E-state index is 0.150. The van der Waals surface area contributed by atoms with Gasteiger partial charge in [0, 0.05) is 17.8 Å². The topological polar surface area (TPSA) is 74.8 Å². The minimum Gasteiger partial charge on any atom is -0.352 e. The highest BCUT2D eigenvalue weighted by Gasteiger charge is 2.29. The van der Waals surface area contributed by atoms with Crippen molar-refractivity contribution in [2.75, 3.05) is 0 Å². The first-order valence-corrected chi connectivity index (χ1v) is 9.26. The molecule has 1 atom stereocenters. The molecule has 0 saturated heterocycles. The minimum atomic E-state index is -0.596. The normalized spacial score (nSPS) is 15.0. The summed E-state index contributed by atoms with van der Waals surface area (Å²) in [7, 11) is 0. The first-order chi connectivity index (χ1) is 12.0. The van der Waals surface area contributed by atoms with E-state index in [0.29, 0.717) is 22.8 Å². The van der Waals surface area contributed by atoms with E-state index in [1.807, 2.05) is 6.92 Å². The second-order valence-corrected chi connectivity index (χ2v) is 7.22. The lowest BCUT2D eigenvalue weighted by atomic mass is 10.1. The highest BCUT2D eigenvalue weighted by Crippen LogP contribution is 2.34. The Morgan fingerprint density at radius 2 is 2.12 bits per heavy atom. The molecule has 0 bridgehead atoms. The summed E-state index contributed by atoms with van der Waals surface area (Å²) in [6.07, 6.45) is 3.54. The number of aryl methyl sites for hydroxylation is 1. The van der Waals surface area contributed by atoms with Crippen molar-refractivity contribution < 1.29 is 9.18 Å². The molecule has 0 spiro atoms. The number of rotatable bonds is 7. The lowest BCUT2D eigenvalue weighted by Gasteiger charge is -2.16. The Bertz CT molecular complexity index is 803. The predicted molar refractivity (Wildman–Crippen MR) is 95.0 cm³/mol. The zero-order valence-corrected chi connectivity index (χ0v) is 14.7. The molecule has 1 fully saturated rings. The van der Waals surface area contributed by atoms with Crippen LogP contribution in [0.5, 0.6) is 0 Å². The van der Waals surface area contributed by atoms with Gasteiger partial charge in [0.25, 0.3) is 5.56 Å². The molecule has 2 N–H and O–H groups in total. The standard InChI is InChI=1S/C18H20FN3O2S/c1-2-3-14-10-15(23)22-18(21-14)25-16(17(24)20-13-8-9-13)11-4-6-12(19)7-5-11/h4-7,10,13,16H,2-3,8-9H2,1H3,(H,20,24)(H,21,22,23). The summed E-state index contributed by atoms with van der Waals surface area (Å²) in [5.74, 6) is -0.505. The molecule has 5 nitrogen and oxygen atoms in total. The van der Waals surface area contributed by atoms with E-state index in [1.54, 1.807) is 12.1 Å². The molecule has 1 aromatic heterocycles. The monoisotopic (exact) mass is 361 g/mol. The Morgan fingerprint density at radius 3 is 2.76 bits per heavy atom. The van der Waals surface area contributed by atoms with Crippen molar-refractivity contribution in [3.63, 3.8) is 0 Å². The summed E-state index contributed by atoms with van der Waals surface area (Å²) in [4.78, 5) is 31.6. The number of aromatic amines is 1. The van der Waals surface area contributed by atoms with Crippen molar-refractivity contribution >= 4 is 17.7 Å². The average molecular weight is 361 g/mol. The number of hydrogen-bond donors (Lipinski definition) is 2. The van der Waals surface area contributed by atoms with Crippen LogP contribution in [-0.2, 0) is 11.2 Å². The first-order valence-electron chi connectivity index (χ1n) is 8.38. The number of hydrogen-bond acceptors (Lipinski definition) is 4. The number of nitrogens with zero attached hydrogens (tertiary/aromatic N) is 1. The summed E-state index contributed by atoms with van der Waals surface area (Å²) >= 11 is 1.18. The molecule has 1 aromatic carbocycles. The molecule has 25 heavy (non-hydrogen) atoms. The van der Waals surface area contributed by atoms with Crippen LogP contribution in [0.15, 0.2) is 40.3 Å². The molecule has 1 amide bonds. The fourth-order valence-corrected chi connectivity index (χ4v) is 3.47. The van der Waals surface area contributed by atoms with Crippen molar-refractivity contribution in [2.24, 2.45) is 0 Å². The van der Waals surface area contributed by atoms with E-state index >= 15 is 0 Å². The van der Waals surface area contributed by atoms with Crippen molar-refractivity contribution in [1.82, 2.24) is 15.3 Å². The van der Waals surface area contributed by atoms with Gasteiger partial charge in [0.2, 0.25) is 5.91 Å². The van der Waals surface area contributed by atoms with Crippen LogP contribution in [0.3, 0.4) is 0 Å². The summed E-state index contributed by atoms with van der Waals surface area (Å²) in [6, 6.07) is 7.54. The number of benzene rings is 1. The zero-order valence-electron chi connectivity index (χ0n) is 13.9. The maximum absolute atomic E-state index is 13.2. The third-order valence-corrected chi connectivity index (χ3v) is 4.98. The molecular formula is C18H20FN3O2S. The van der Waals surface area contributed by atoms with Crippen molar-refractivity contribution in [3.8, 4) is 0 Å². The van der Waals surface area contributed by atoms with Crippen LogP contribution in [0.2, 0.25) is 0 Å². The number of thioether (sulfide) groups is 1. The maximum Gasteiger partial charge on any atom is 0.251 e. The van der Waals surface area contributed by atoms with Crippen LogP contribution in [0.25, 0.3) is 0 Å². The van der Waals surface area contributed by atoms with E-state index in [0.717, 1.165) is 19.3 Å². The van der Waals surface area contributed by atoms with Crippen LogP contribution in [0, 0.1) is 5.82 Å². The molecule has 1 saturated carbocycles. The van der Waals surface area contributed by atoms with Gasteiger partial charge in [-0.3, -0.25) is 9.59 Å². The van der Waals surface area contributed by atoms with E-state index in [-0.39, 0.29) is 23.3 Å². The van der Waals surface area contributed by atoms with Crippen LogP contribution in [-0.4, -0.2) is 21.9 Å². The van der Waals surface area contributed by atoms with Crippen LogP contribution in [0.1, 0.15) is 42.7 Å². The van der Waals surface area contributed by atoms with Gasteiger partial charge in [-0.25, -0.2) is 9.37 Å². The summed E-state index contributed by atoms with van der Waals surface area (Å²) < 4.78 is 13.2. The lowest BCUT2D eigenvalue weighted by molar-refractivity contribution is -0.120. The van der Waals surface area contributed by atoms with Crippen molar-refractivity contribution in [3.05, 3.63) is 57.8 Å². The number of aromatic nitrogens is 2. The van der Waals surface area contributed by atoms with Crippen molar-refractivity contribution in [1.29, 1.82) is 0 Å². The number of nitrogens with one attached hydrogen (secondary N) is 2. The summed E-state index contributed by atoms with van der Waals surface area (Å²) in [5.41, 5.74) is 1.14. The third-order valence-electron chi connectivity index (χ3n) is 3.84. The first kappa shape index (κ1) is 17.7. The van der Waals surface area contributed by atoms with E-state index < -0.39 is 5.25 Å². The molecule has 2 aromatic rings. The molecule has 1 aliphatic rings. The number of halogens is 1. The summed E-state index contributed by atoms with van der Waals surface area (Å²) in [5, 5.41) is 2.77. The Labute approximate surface area is 149 Å². The Morgan fingerprint density at radius 1 is 1.40 bits per heavy atom. The Balaban J connectivity index is 1.87. The fourth-order valence-electron chi connectivity index (χ4n) is 2.45. The SMILES string of the molecule is CCCc1cc(=O)[nH]c(SC(C(=O)NC2CC2)c2ccc(F)cc2)n1. The van der Waals surface area contributed by atoms with Gasteiger partial charge in [-0.2, -0.15) is 0 Å². The highest BCUT2D eigenvalue weighted by atomic mass is 32.2. The Kier molecular flexibility index (Phi) is 5.53. The van der Waals surface area contributed by atoms with E-state index in [9.17, 15) is 14.0 Å². The van der Waals surface area contributed by atoms with Gasteiger partial charge in [0.1, 0.15) is 11.1 Å². The van der Waals surface area contributed by atoms with Gasteiger partial charge in [-0.1, -0.05) is 37.2 Å². The van der Waals surface area contributed by atoms with E-state index in [4.69, 9.17) is 0 Å². The van der Waals surface area contributed by atoms with E-state index in [2.05, 4.69) is 15.3 Å². The molecule has 7 heteroatoms. The number of amides is 1. The molecule has 132 valence electrons. The van der Waals surface area contributed by atoms with Crippen LogP contribution < -0.4 is 10.9 Å².